The Morgan fingerprint density at radius 3 is 2.64 bits per heavy atom. The molecule has 0 bridgehead atoms. The highest BCUT2D eigenvalue weighted by Gasteiger charge is 2.33. The lowest BCUT2D eigenvalue weighted by Gasteiger charge is -2.40. The molecule has 1 heterocycles. The van der Waals surface area contributed by atoms with Crippen LogP contribution in [0, 0.1) is 0 Å². The van der Waals surface area contributed by atoms with Crippen molar-refractivity contribution in [1.29, 1.82) is 0 Å². The molecule has 14 heavy (non-hydrogen) atoms. The van der Waals surface area contributed by atoms with Crippen molar-refractivity contribution in [1.82, 2.24) is 4.90 Å². The first-order valence-corrected chi connectivity index (χ1v) is 5.86. The molecule has 3 heteroatoms. The van der Waals surface area contributed by atoms with Gasteiger partial charge in [0, 0.05) is 24.7 Å². The predicted molar refractivity (Wildman–Crippen MR) is 57.0 cm³/mol. The molecule has 2 aliphatic rings. The van der Waals surface area contributed by atoms with Crippen molar-refractivity contribution in [3.8, 4) is 0 Å². The van der Waals surface area contributed by atoms with Crippen molar-refractivity contribution in [3.05, 3.63) is 0 Å². The fourth-order valence-electron chi connectivity index (χ4n) is 2.92. The van der Waals surface area contributed by atoms with Crippen LogP contribution in [0.4, 0.5) is 0 Å². The van der Waals surface area contributed by atoms with Crippen LogP contribution in [-0.4, -0.2) is 40.8 Å². The summed E-state index contributed by atoms with van der Waals surface area (Å²) in [4.78, 5) is 2.47. The summed E-state index contributed by atoms with van der Waals surface area (Å²) < 4.78 is 0. The van der Waals surface area contributed by atoms with Crippen molar-refractivity contribution in [2.45, 2.75) is 63.3 Å². The van der Waals surface area contributed by atoms with Crippen LogP contribution >= 0.6 is 0 Å². The van der Waals surface area contributed by atoms with Gasteiger partial charge < -0.3 is 10.8 Å². The van der Waals surface area contributed by atoms with Crippen LogP contribution in [0.1, 0.15) is 39.0 Å². The van der Waals surface area contributed by atoms with E-state index in [1.54, 1.807) is 0 Å². The molecule has 3 N–H and O–H groups in total. The van der Waals surface area contributed by atoms with E-state index in [-0.39, 0.29) is 6.10 Å². The van der Waals surface area contributed by atoms with Crippen LogP contribution in [0.5, 0.6) is 0 Å². The Morgan fingerprint density at radius 1 is 1.21 bits per heavy atom. The lowest BCUT2D eigenvalue weighted by molar-refractivity contribution is 0.0160. The number of rotatable bonds is 1. The van der Waals surface area contributed by atoms with Gasteiger partial charge in [0.25, 0.3) is 0 Å². The van der Waals surface area contributed by atoms with Crippen molar-refractivity contribution in [2.75, 3.05) is 6.54 Å². The Labute approximate surface area is 86.3 Å². The number of β-amino-alcohol motifs (C(OH)–C–C–N with tert-alkyl or cyclic N) is 1. The van der Waals surface area contributed by atoms with Gasteiger partial charge in [-0.15, -0.1) is 0 Å². The zero-order valence-electron chi connectivity index (χ0n) is 9.02. The fraction of sp³-hybridized carbons (Fsp3) is 1.00. The number of nitrogens with zero attached hydrogens (tertiary/aromatic N) is 1. The number of nitrogens with two attached hydrogens (primary N) is 1. The number of aliphatic hydroxyl groups is 1. The minimum absolute atomic E-state index is 0.108. The maximum absolute atomic E-state index is 9.65. The van der Waals surface area contributed by atoms with Gasteiger partial charge in [-0.2, -0.15) is 0 Å². The quantitative estimate of drug-likeness (QED) is 0.652. The maximum atomic E-state index is 9.65. The summed E-state index contributed by atoms with van der Waals surface area (Å²) in [6.45, 7) is 3.13. The summed E-state index contributed by atoms with van der Waals surface area (Å²) in [5.41, 5.74) is 5.92. The van der Waals surface area contributed by atoms with Crippen LogP contribution in [0.25, 0.3) is 0 Å². The van der Waals surface area contributed by atoms with E-state index in [1.807, 2.05) is 0 Å². The van der Waals surface area contributed by atoms with E-state index in [2.05, 4.69) is 11.8 Å². The molecule has 1 saturated carbocycles. The van der Waals surface area contributed by atoms with E-state index in [9.17, 15) is 5.11 Å². The smallest absolute Gasteiger partial charge is 0.0667 e. The van der Waals surface area contributed by atoms with E-state index >= 15 is 0 Å². The highest BCUT2D eigenvalue weighted by atomic mass is 16.3. The average Bonchev–Trinajstić information content (AvgIpc) is 2.56. The molecule has 1 aliphatic carbocycles. The van der Waals surface area contributed by atoms with Crippen LogP contribution in [-0.2, 0) is 0 Å². The number of aliphatic hydroxyl groups excluding tert-OH is 1. The molecule has 0 aromatic rings. The molecule has 82 valence electrons. The highest BCUT2D eigenvalue weighted by Crippen LogP contribution is 2.28. The largest absolute Gasteiger partial charge is 0.392 e. The number of piperidine rings is 1. The molecule has 0 radical (unpaired) electrons. The molecule has 1 aliphatic heterocycles. The summed E-state index contributed by atoms with van der Waals surface area (Å²) in [5.74, 6) is 0. The molecule has 4 atom stereocenters. The van der Waals surface area contributed by atoms with Gasteiger partial charge in [-0.25, -0.2) is 0 Å². The molecule has 0 amide bonds. The van der Waals surface area contributed by atoms with Crippen molar-refractivity contribution >= 4 is 0 Å². The van der Waals surface area contributed by atoms with Crippen molar-refractivity contribution in [3.63, 3.8) is 0 Å². The van der Waals surface area contributed by atoms with Crippen LogP contribution in [0.2, 0.25) is 0 Å². The van der Waals surface area contributed by atoms with Crippen LogP contribution in [0.15, 0.2) is 0 Å². The Balaban J connectivity index is 1.94. The fourth-order valence-corrected chi connectivity index (χ4v) is 2.92. The zero-order chi connectivity index (χ0) is 10.1. The van der Waals surface area contributed by atoms with Crippen molar-refractivity contribution in [2.24, 2.45) is 5.73 Å². The summed E-state index contributed by atoms with van der Waals surface area (Å²) in [7, 11) is 0. The first-order chi connectivity index (χ1) is 6.66. The van der Waals surface area contributed by atoms with Gasteiger partial charge in [0.2, 0.25) is 0 Å². The summed E-state index contributed by atoms with van der Waals surface area (Å²) >= 11 is 0. The normalized spacial score (nSPS) is 45.6. The zero-order valence-corrected chi connectivity index (χ0v) is 9.02. The molecule has 2 fully saturated rings. The monoisotopic (exact) mass is 198 g/mol. The SMILES string of the molecule is C[C@@H]1CC[C@@H](O)CN1C1CCC(N)C1. The van der Waals surface area contributed by atoms with Gasteiger partial charge in [-0.3, -0.25) is 4.90 Å². The molecule has 0 spiro atoms. The van der Waals surface area contributed by atoms with Gasteiger partial charge in [-0.05, 0) is 39.0 Å². The Hall–Kier alpha value is -0.120. The molecular formula is C11H22N2O. The molecular weight excluding hydrogens is 176 g/mol. The lowest BCUT2D eigenvalue weighted by atomic mass is 9.98. The molecule has 3 nitrogen and oxygen atoms in total. The number of likely N-dealkylation sites (tertiary alicyclic amines) is 1. The Kier molecular flexibility index (Phi) is 3.10. The first kappa shape index (κ1) is 10.4. The second kappa shape index (κ2) is 4.17. The summed E-state index contributed by atoms with van der Waals surface area (Å²) in [5, 5.41) is 9.65. The third kappa shape index (κ3) is 2.10. The number of hydrogen-bond acceptors (Lipinski definition) is 3. The van der Waals surface area contributed by atoms with E-state index in [0.29, 0.717) is 18.1 Å². The number of hydrogen-bond donors (Lipinski definition) is 2. The summed E-state index contributed by atoms with van der Waals surface area (Å²) in [6.07, 6.45) is 5.49. The van der Waals surface area contributed by atoms with E-state index < -0.39 is 0 Å². The average molecular weight is 198 g/mol. The first-order valence-electron chi connectivity index (χ1n) is 5.86. The maximum Gasteiger partial charge on any atom is 0.0667 e. The van der Waals surface area contributed by atoms with Gasteiger partial charge in [0.1, 0.15) is 0 Å². The third-order valence-electron chi connectivity index (χ3n) is 3.82. The van der Waals surface area contributed by atoms with Crippen molar-refractivity contribution < 1.29 is 5.11 Å². The molecule has 0 aromatic heterocycles. The predicted octanol–water partition coefficient (Wildman–Crippen LogP) is 0.711. The minimum Gasteiger partial charge on any atom is -0.392 e. The van der Waals surface area contributed by atoms with Gasteiger partial charge in [-0.1, -0.05) is 0 Å². The minimum atomic E-state index is -0.108. The second-order valence-electron chi connectivity index (χ2n) is 5.00. The van der Waals surface area contributed by atoms with Gasteiger partial charge in [0.05, 0.1) is 6.10 Å². The molecule has 1 saturated heterocycles. The van der Waals surface area contributed by atoms with Crippen LogP contribution < -0.4 is 5.73 Å². The highest BCUT2D eigenvalue weighted by molar-refractivity contribution is 4.90. The van der Waals surface area contributed by atoms with Crippen LogP contribution in [0.3, 0.4) is 0 Å². The van der Waals surface area contributed by atoms with E-state index in [1.165, 1.54) is 6.42 Å². The third-order valence-corrected chi connectivity index (χ3v) is 3.82. The van der Waals surface area contributed by atoms with E-state index in [4.69, 9.17) is 5.73 Å². The van der Waals surface area contributed by atoms with Gasteiger partial charge in [0.15, 0.2) is 0 Å². The molecule has 2 rings (SSSR count). The standard InChI is InChI=1S/C11H22N2O/c1-8-2-5-11(14)7-13(8)10-4-3-9(12)6-10/h8-11,14H,2-7,12H2,1H3/t8-,9?,10?,11-/m1/s1. The van der Waals surface area contributed by atoms with E-state index in [0.717, 1.165) is 32.2 Å². The van der Waals surface area contributed by atoms with Gasteiger partial charge >= 0.3 is 0 Å². The molecule has 0 aromatic carbocycles. The Morgan fingerprint density at radius 2 is 2.00 bits per heavy atom. The molecule has 2 unspecified atom stereocenters. The second-order valence-corrected chi connectivity index (χ2v) is 5.00. The Bertz CT molecular complexity index is 198. The topological polar surface area (TPSA) is 49.5 Å². The summed E-state index contributed by atoms with van der Waals surface area (Å²) in [6, 6.07) is 1.66. The lowest BCUT2D eigenvalue weighted by Crippen LogP contribution is -2.49.